The predicted molar refractivity (Wildman–Crippen MR) is 348 cm³/mol. The van der Waals surface area contributed by atoms with Crippen LogP contribution in [0, 0.1) is 0 Å². The predicted octanol–water partition coefficient (Wildman–Crippen LogP) is 22.3. The lowest BCUT2D eigenvalue weighted by Crippen LogP contribution is -2.30. The number of unbranched alkanes of at least 4 members (excludes halogenated alkanes) is 17. The van der Waals surface area contributed by atoms with E-state index >= 15 is 0 Å². The van der Waals surface area contributed by atoms with Crippen molar-refractivity contribution in [1.82, 2.24) is 0 Å². The molecule has 0 radical (unpaired) electrons. The standard InChI is InChI=1S/C74H116O6/c1-4-7-10-13-16-19-22-25-28-30-32-34-35-36-37-38-39-41-42-44-46-49-52-55-58-61-64-67-73(76)79-70-71(69-78-72(75)66-63-60-57-54-51-48-27-24-21-18-15-12-9-6-3)80-74(77)68-65-62-59-56-53-50-47-45-43-40-33-31-29-26-23-20-17-14-11-8-5-2/h7-8,10-11,16-17,19-20,24-29,32-34,36-37,39-41,44-47,53,56,71H,4-6,9,12-15,18,21-23,30-31,35,38,42-43,48-52,54-55,57-70H2,1-3H3/b10-7-,11-8-,19-16-,20-17-,27-24-,28-25-,29-26-,34-32-,37-36-,40-33-,41-39-,46-44-,47-45-,56-53-. The molecule has 0 amide bonds. The maximum atomic E-state index is 12.9. The second kappa shape index (κ2) is 66.3. The van der Waals surface area contributed by atoms with E-state index in [1.54, 1.807) is 0 Å². The van der Waals surface area contributed by atoms with Gasteiger partial charge in [0.1, 0.15) is 13.2 Å². The summed E-state index contributed by atoms with van der Waals surface area (Å²) in [5, 5.41) is 0. The first-order chi connectivity index (χ1) is 39.5. The Morgan fingerprint density at radius 3 is 0.800 bits per heavy atom. The lowest BCUT2D eigenvalue weighted by Gasteiger charge is -2.18. The molecule has 0 aromatic carbocycles. The van der Waals surface area contributed by atoms with Crippen LogP contribution in [0.1, 0.15) is 258 Å². The zero-order valence-corrected chi connectivity index (χ0v) is 51.3. The fraction of sp³-hybridized carbons (Fsp3) is 0.581. The Hall–Kier alpha value is -5.23. The van der Waals surface area contributed by atoms with E-state index in [2.05, 4.69) is 191 Å². The van der Waals surface area contributed by atoms with Gasteiger partial charge in [-0.05, 0) is 154 Å². The molecule has 0 spiro atoms. The van der Waals surface area contributed by atoms with Gasteiger partial charge in [0.15, 0.2) is 6.10 Å². The van der Waals surface area contributed by atoms with E-state index in [-0.39, 0.29) is 37.5 Å². The molecule has 0 saturated carbocycles. The van der Waals surface area contributed by atoms with E-state index in [1.807, 2.05) is 0 Å². The van der Waals surface area contributed by atoms with Crippen LogP contribution in [0.4, 0.5) is 0 Å². The van der Waals surface area contributed by atoms with Crippen molar-refractivity contribution < 1.29 is 28.6 Å². The summed E-state index contributed by atoms with van der Waals surface area (Å²) in [5.74, 6) is -0.991. The van der Waals surface area contributed by atoms with Gasteiger partial charge in [-0.1, -0.05) is 255 Å². The first kappa shape index (κ1) is 74.8. The van der Waals surface area contributed by atoms with Crippen LogP contribution in [-0.4, -0.2) is 37.2 Å². The smallest absolute Gasteiger partial charge is 0.306 e. The summed E-state index contributed by atoms with van der Waals surface area (Å²) < 4.78 is 16.9. The molecule has 0 aliphatic carbocycles. The van der Waals surface area contributed by atoms with E-state index < -0.39 is 6.10 Å². The molecular formula is C74H116O6. The highest BCUT2D eigenvalue weighted by Gasteiger charge is 2.19. The fourth-order valence-electron chi connectivity index (χ4n) is 8.18. The summed E-state index contributed by atoms with van der Waals surface area (Å²) in [4.78, 5) is 38.3. The van der Waals surface area contributed by atoms with Crippen molar-refractivity contribution >= 4 is 17.9 Å². The van der Waals surface area contributed by atoms with Crippen molar-refractivity contribution in [3.05, 3.63) is 170 Å². The largest absolute Gasteiger partial charge is 0.462 e. The Bertz CT molecular complexity index is 1840. The summed E-state index contributed by atoms with van der Waals surface area (Å²) in [6.07, 6.45) is 97.8. The number of hydrogen-bond acceptors (Lipinski definition) is 6. The number of allylic oxidation sites excluding steroid dienone is 28. The van der Waals surface area contributed by atoms with Crippen LogP contribution >= 0.6 is 0 Å². The SMILES string of the molecule is CC/C=C\C/C=C\C/C=C\C/C=C\C/C=C\C/C=C\C/C=C\CCCCCCCC(=O)OCC(COC(=O)CCCCCCC/C=C\CCCCCCC)OC(=O)CCCC/C=C\C/C=C\C/C=C\C/C=C\C/C=C\C/C=C\CC. The van der Waals surface area contributed by atoms with E-state index in [0.29, 0.717) is 19.3 Å². The molecule has 0 aromatic rings. The van der Waals surface area contributed by atoms with E-state index in [1.165, 1.54) is 44.9 Å². The molecule has 0 heterocycles. The summed E-state index contributed by atoms with van der Waals surface area (Å²) in [7, 11) is 0. The average molecular weight is 1100 g/mol. The zero-order valence-electron chi connectivity index (χ0n) is 51.3. The minimum absolute atomic E-state index is 0.114. The second-order valence-corrected chi connectivity index (χ2v) is 20.5. The van der Waals surface area contributed by atoms with Gasteiger partial charge >= 0.3 is 17.9 Å². The maximum absolute atomic E-state index is 12.9. The fourth-order valence-corrected chi connectivity index (χ4v) is 8.18. The Labute approximate surface area is 492 Å². The normalized spacial score (nSPS) is 13.3. The van der Waals surface area contributed by atoms with Crippen LogP contribution < -0.4 is 0 Å². The molecule has 448 valence electrons. The van der Waals surface area contributed by atoms with Crippen molar-refractivity contribution in [2.24, 2.45) is 0 Å². The van der Waals surface area contributed by atoms with Crippen molar-refractivity contribution in [3.63, 3.8) is 0 Å². The highest BCUT2D eigenvalue weighted by Crippen LogP contribution is 2.13. The van der Waals surface area contributed by atoms with Crippen LogP contribution in [0.2, 0.25) is 0 Å². The van der Waals surface area contributed by atoms with Crippen LogP contribution in [0.15, 0.2) is 170 Å². The Balaban J connectivity index is 4.51. The van der Waals surface area contributed by atoms with Gasteiger partial charge in [-0.2, -0.15) is 0 Å². The van der Waals surface area contributed by atoms with E-state index in [9.17, 15) is 14.4 Å². The molecule has 1 atom stereocenters. The molecule has 0 aliphatic heterocycles. The van der Waals surface area contributed by atoms with E-state index in [0.717, 1.165) is 167 Å². The molecule has 0 fully saturated rings. The Morgan fingerprint density at radius 1 is 0.263 bits per heavy atom. The average Bonchev–Trinajstić information content (AvgIpc) is 3.46. The monoisotopic (exact) mass is 1100 g/mol. The number of carbonyl (C=O) groups excluding carboxylic acids is 3. The molecule has 0 aromatic heterocycles. The van der Waals surface area contributed by atoms with Gasteiger partial charge in [0.2, 0.25) is 0 Å². The lowest BCUT2D eigenvalue weighted by molar-refractivity contribution is -0.167. The summed E-state index contributed by atoms with van der Waals surface area (Å²) in [5.41, 5.74) is 0. The van der Waals surface area contributed by atoms with Gasteiger partial charge in [0.25, 0.3) is 0 Å². The number of ether oxygens (including phenoxy) is 3. The molecule has 0 rings (SSSR count). The quantitative estimate of drug-likeness (QED) is 0.0261. The molecule has 0 bridgehead atoms. The molecule has 1 unspecified atom stereocenters. The van der Waals surface area contributed by atoms with Crippen LogP contribution in [0.3, 0.4) is 0 Å². The Kier molecular flexibility index (Phi) is 61.9. The minimum Gasteiger partial charge on any atom is -0.462 e. The van der Waals surface area contributed by atoms with Crippen molar-refractivity contribution in [1.29, 1.82) is 0 Å². The van der Waals surface area contributed by atoms with E-state index in [4.69, 9.17) is 14.2 Å². The van der Waals surface area contributed by atoms with Gasteiger partial charge in [0, 0.05) is 19.3 Å². The van der Waals surface area contributed by atoms with Crippen molar-refractivity contribution in [2.75, 3.05) is 13.2 Å². The molecule has 6 heteroatoms. The summed E-state index contributed by atoms with van der Waals surface area (Å²) >= 11 is 0. The van der Waals surface area contributed by atoms with Crippen LogP contribution in [0.25, 0.3) is 0 Å². The highest BCUT2D eigenvalue weighted by molar-refractivity contribution is 5.71. The van der Waals surface area contributed by atoms with Crippen LogP contribution in [-0.2, 0) is 28.6 Å². The Morgan fingerprint density at radius 2 is 0.487 bits per heavy atom. The van der Waals surface area contributed by atoms with Crippen molar-refractivity contribution in [3.8, 4) is 0 Å². The first-order valence-corrected chi connectivity index (χ1v) is 32.1. The third kappa shape index (κ3) is 63.6. The second-order valence-electron chi connectivity index (χ2n) is 20.5. The van der Waals surface area contributed by atoms with Gasteiger partial charge in [0.05, 0.1) is 0 Å². The number of esters is 3. The maximum Gasteiger partial charge on any atom is 0.306 e. The zero-order chi connectivity index (χ0) is 57.8. The summed E-state index contributed by atoms with van der Waals surface area (Å²) in [6.45, 7) is 6.34. The van der Waals surface area contributed by atoms with Gasteiger partial charge in [-0.3, -0.25) is 14.4 Å². The van der Waals surface area contributed by atoms with Gasteiger partial charge in [-0.15, -0.1) is 0 Å². The topological polar surface area (TPSA) is 78.9 Å². The van der Waals surface area contributed by atoms with Gasteiger partial charge in [-0.25, -0.2) is 0 Å². The molecular weight excluding hydrogens is 985 g/mol. The van der Waals surface area contributed by atoms with Crippen molar-refractivity contribution in [2.45, 2.75) is 264 Å². The van der Waals surface area contributed by atoms with Gasteiger partial charge < -0.3 is 14.2 Å². The minimum atomic E-state index is -0.824. The number of rotatable bonds is 56. The molecule has 0 N–H and O–H groups in total. The highest BCUT2D eigenvalue weighted by atomic mass is 16.6. The third-order valence-corrected chi connectivity index (χ3v) is 12.9. The van der Waals surface area contributed by atoms with Crippen LogP contribution in [0.5, 0.6) is 0 Å². The first-order valence-electron chi connectivity index (χ1n) is 32.1. The number of carbonyl (C=O) groups is 3. The number of hydrogen-bond donors (Lipinski definition) is 0. The molecule has 0 saturated heterocycles. The molecule has 6 nitrogen and oxygen atoms in total. The third-order valence-electron chi connectivity index (χ3n) is 12.9. The lowest BCUT2D eigenvalue weighted by atomic mass is 10.1. The molecule has 80 heavy (non-hydrogen) atoms. The molecule has 0 aliphatic rings. The summed E-state index contributed by atoms with van der Waals surface area (Å²) in [6, 6.07) is 0.